The van der Waals surface area contributed by atoms with Crippen molar-refractivity contribution in [3.63, 3.8) is 0 Å². The number of ether oxygens (including phenoxy) is 1. The number of hydrogen-bond acceptors (Lipinski definition) is 5. The number of rotatable bonds is 3. The first-order valence-electron chi connectivity index (χ1n) is 8.47. The Balaban J connectivity index is 1.83. The number of ketones is 1. The predicted octanol–water partition coefficient (Wildman–Crippen LogP) is 2.02. The van der Waals surface area contributed by atoms with Gasteiger partial charge in [-0.3, -0.25) is 19.3 Å². The van der Waals surface area contributed by atoms with Crippen LogP contribution in [-0.4, -0.2) is 42.8 Å². The summed E-state index contributed by atoms with van der Waals surface area (Å²) in [6, 6.07) is 11.7. The van der Waals surface area contributed by atoms with Gasteiger partial charge in [0.2, 0.25) is 0 Å². The Morgan fingerprint density at radius 3 is 2.65 bits per heavy atom. The average Bonchev–Trinajstić information content (AvgIpc) is 2.96. The molecule has 0 radical (unpaired) electrons. The molecule has 4 rings (SSSR count). The van der Waals surface area contributed by atoms with E-state index in [1.54, 1.807) is 0 Å². The Kier molecular flexibility index (Phi) is 4.05. The van der Waals surface area contributed by atoms with E-state index >= 15 is 0 Å². The third kappa shape index (κ3) is 2.68. The van der Waals surface area contributed by atoms with Gasteiger partial charge < -0.3 is 10.1 Å². The van der Waals surface area contributed by atoms with E-state index < -0.39 is 11.7 Å². The number of anilines is 1. The predicted molar refractivity (Wildman–Crippen MR) is 95.8 cm³/mol. The molecule has 2 aliphatic heterocycles. The van der Waals surface area contributed by atoms with Crippen LogP contribution < -0.4 is 5.32 Å². The number of nitrogens with zero attached hydrogens (tertiary/aromatic N) is 1. The number of benzene rings is 2. The molecule has 2 aromatic rings. The summed E-state index contributed by atoms with van der Waals surface area (Å²) in [6.07, 6.45) is 0.730. The quantitative estimate of drug-likeness (QED) is 0.677. The summed E-state index contributed by atoms with van der Waals surface area (Å²) in [6.45, 7) is 1.38. The zero-order valence-corrected chi connectivity index (χ0v) is 14.4. The zero-order valence-electron chi connectivity index (χ0n) is 14.4. The van der Waals surface area contributed by atoms with Crippen LogP contribution in [0.15, 0.2) is 36.4 Å². The average molecular weight is 350 g/mol. The van der Waals surface area contributed by atoms with Gasteiger partial charge >= 0.3 is 5.97 Å². The van der Waals surface area contributed by atoms with Gasteiger partial charge in [-0.1, -0.05) is 30.3 Å². The molecule has 2 aliphatic rings. The van der Waals surface area contributed by atoms with E-state index in [0.717, 1.165) is 28.7 Å². The normalized spacial score (nSPS) is 16.0. The molecule has 1 N–H and O–H groups in total. The molecular weight excluding hydrogens is 332 g/mol. The molecule has 1 amide bonds. The fraction of sp³-hybridized carbons (Fsp3) is 0.250. The summed E-state index contributed by atoms with van der Waals surface area (Å²) >= 11 is 0. The van der Waals surface area contributed by atoms with Gasteiger partial charge in [-0.05, 0) is 34.7 Å². The second-order valence-corrected chi connectivity index (χ2v) is 6.49. The molecule has 0 unspecified atom stereocenters. The summed E-state index contributed by atoms with van der Waals surface area (Å²) in [5.41, 5.74) is 5.01. The number of hydrogen-bond donors (Lipinski definition) is 1. The third-order valence-electron chi connectivity index (χ3n) is 4.96. The Bertz CT molecular complexity index is 921. The van der Waals surface area contributed by atoms with Gasteiger partial charge in [0.25, 0.3) is 11.7 Å². The van der Waals surface area contributed by atoms with E-state index in [-0.39, 0.29) is 12.5 Å². The van der Waals surface area contributed by atoms with Crippen LogP contribution in [-0.2, 0) is 27.3 Å². The lowest BCUT2D eigenvalue weighted by atomic mass is 9.87. The van der Waals surface area contributed by atoms with Crippen LogP contribution >= 0.6 is 0 Å². The largest absolute Gasteiger partial charge is 0.468 e. The summed E-state index contributed by atoms with van der Waals surface area (Å²) in [4.78, 5) is 37.8. The van der Waals surface area contributed by atoms with Crippen molar-refractivity contribution in [2.75, 3.05) is 25.5 Å². The van der Waals surface area contributed by atoms with Crippen LogP contribution in [0.3, 0.4) is 0 Å². The maximum Gasteiger partial charge on any atom is 0.319 e. The summed E-state index contributed by atoms with van der Waals surface area (Å²) in [5, 5.41) is 2.71. The monoisotopic (exact) mass is 350 g/mol. The molecule has 0 aromatic heterocycles. The standard InChI is InChI=1S/C20H18N2O4/c1-26-17(23)11-22-8-7-13-14(12-5-3-2-4-6-12)9-15-18(16(13)10-22)21-20(25)19(15)24/h2-6,9H,7-8,10-11H2,1H3,(H,21,24,25). The first-order chi connectivity index (χ1) is 12.6. The highest BCUT2D eigenvalue weighted by Crippen LogP contribution is 2.39. The smallest absolute Gasteiger partial charge is 0.319 e. The second-order valence-electron chi connectivity index (χ2n) is 6.49. The molecule has 2 aromatic carbocycles. The number of nitrogens with one attached hydrogen (secondary N) is 1. The lowest BCUT2D eigenvalue weighted by Gasteiger charge is -2.30. The van der Waals surface area contributed by atoms with E-state index in [2.05, 4.69) is 5.32 Å². The van der Waals surface area contributed by atoms with Crippen LogP contribution in [0.25, 0.3) is 11.1 Å². The van der Waals surface area contributed by atoms with Gasteiger partial charge in [0, 0.05) is 13.1 Å². The number of carbonyl (C=O) groups is 3. The van der Waals surface area contributed by atoms with E-state index in [0.29, 0.717) is 24.3 Å². The summed E-state index contributed by atoms with van der Waals surface area (Å²) in [5.74, 6) is -1.41. The topological polar surface area (TPSA) is 75.7 Å². The maximum atomic E-state index is 12.3. The van der Waals surface area contributed by atoms with Crippen LogP contribution in [0.4, 0.5) is 5.69 Å². The maximum absolute atomic E-state index is 12.3. The summed E-state index contributed by atoms with van der Waals surface area (Å²) < 4.78 is 4.76. The van der Waals surface area contributed by atoms with E-state index in [9.17, 15) is 14.4 Å². The number of amides is 1. The highest BCUT2D eigenvalue weighted by Gasteiger charge is 2.35. The molecule has 0 saturated carbocycles. The zero-order chi connectivity index (χ0) is 18.3. The summed E-state index contributed by atoms with van der Waals surface area (Å²) in [7, 11) is 1.37. The number of carbonyl (C=O) groups excluding carboxylic acids is 3. The number of fused-ring (bicyclic) bond motifs is 3. The SMILES string of the molecule is COC(=O)CN1CCc2c(-c3ccccc3)cc3c(c2C1)NC(=O)C3=O. The molecule has 0 fully saturated rings. The van der Waals surface area contributed by atoms with E-state index in [1.807, 2.05) is 41.3 Å². The number of Topliss-reactive ketones (excluding diaryl/α,β-unsaturated/α-hetero) is 1. The minimum absolute atomic E-state index is 0.183. The lowest BCUT2D eigenvalue weighted by molar-refractivity contribution is -0.142. The highest BCUT2D eigenvalue weighted by molar-refractivity contribution is 6.52. The Hall–Kier alpha value is -2.99. The van der Waals surface area contributed by atoms with Gasteiger partial charge in [0.05, 0.1) is 24.9 Å². The van der Waals surface area contributed by atoms with Crippen LogP contribution in [0.5, 0.6) is 0 Å². The molecule has 6 heteroatoms. The first-order valence-corrected chi connectivity index (χ1v) is 8.47. The molecule has 0 spiro atoms. The fourth-order valence-corrected chi connectivity index (χ4v) is 3.68. The third-order valence-corrected chi connectivity index (χ3v) is 4.96. The van der Waals surface area contributed by atoms with Crippen molar-refractivity contribution in [2.24, 2.45) is 0 Å². The van der Waals surface area contributed by atoms with Crippen molar-refractivity contribution in [1.82, 2.24) is 4.90 Å². The molecule has 0 bridgehead atoms. The van der Waals surface area contributed by atoms with Crippen molar-refractivity contribution < 1.29 is 19.1 Å². The highest BCUT2D eigenvalue weighted by atomic mass is 16.5. The molecule has 0 aliphatic carbocycles. The van der Waals surface area contributed by atoms with Crippen LogP contribution in [0.1, 0.15) is 21.5 Å². The van der Waals surface area contributed by atoms with Crippen molar-refractivity contribution in [3.05, 3.63) is 53.1 Å². The molecule has 0 saturated heterocycles. The molecule has 0 atom stereocenters. The van der Waals surface area contributed by atoms with Gasteiger partial charge in [-0.15, -0.1) is 0 Å². The number of methoxy groups -OCH3 is 1. The first kappa shape index (κ1) is 16.5. The van der Waals surface area contributed by atoms with Crippen molar-refractivity contribution in [3.8, 4) is 11.1 Å². The number of esters is 1. The van der Waals surface area contributed by atoms with Crippen molar-refractivity contribution in [2.45, 2.75) is 13.0 Å². The minimum Gasteiger partial charge on any atom is -0.468 e. The van der Waals surface area contributed by atoms with Crippen molar-refractivity contribution in [1.29, 1.82) is 0 Å². The molecule has 132 valence electrons. The Morgan fingerprint density at radius 2 is 1.92 bits per heavy atom. The Morgan fingerprint density at radius 1 is 1.15 bits per heavy atom. The van der Waals surface area contributed by atoms with Gasteiger partial charge in [0.1, 0.15) is 0 Å². The molecular formula is C20H18N2O4. The van der Waals surface area contributed by atoms with Crippen LogP contribution in [0.2, 0.25) is 0 Å². The van der Waals surface area contributed by atoms with E-state index in [1.165, 1.54) is 7.11 Å². The minimum atomic E-state index is -0.600. The second kappa shape index (κ2) is 6.38. The Labute approximate surface area is 150 Å². The lowest BCUT2D eigenvalue weighted by Crippen LogP contribution is -2.36. The molecule has 2 heterocycles. The van der Waals surface area contributed by atoms with E-state index in [4.69, 9.17) is 4.74 Å². The van der Waals surface area contributed by atoms with Gasteiger partial charge in [-0.2, -0.15) is 0 Å². The molecule has 6 nitrogen and oxygen atoms in total. The van der Waals surface area contributed by atoms with Crippen LogP contribution in [0, 0.1) is 0 Å². The van der Waals surface area contributed by atoms with Gasteiger partial charge in [-0.25, -0.2) is 0 Å². The van der Waals surface area contributed by atoms with Gasteiger partial charge in [0.15, 0.2) is 0 Å². The molecule has 26 heavy (non-hydrogen) atoms. The van der Waals surface area contributed by atoms with Crippen molar-refractivity contribution >= 4 is 23.3 Å². The fourth-order valence-electron chi connectivity index (χ4n) is 3.68.